The van der Waals surface area contributed by atoms with Gasteiger partial charge in [-0.2, -0.15) is 0 Å². The van der Waals surface area contributed by atoms with Crippen LogP contribution in [0.1, 0.15) is 37.4 Å². The number of nitrogens with one attached hydrogen (secondary N) is 1. The van der Waals surface area contributed by atoms with Crippen molar-refractivity contribution in [3.8, 4) is 5.75 Å². The highest BCUT2D eigenvalue weighted by Crippen LogP contribution is 2.35. The average Bonchev–Trinajstić information content (AvgIpc) is 2.60. The monoisotopic (exact) mass is 334 g/mol. The van der Waals surface area contributed by atoms with Crippen molar-refractivity contribution in [2.24, 2.45) is 5.92 Å². The molecule has 1 aromatic carbocycles. The third-order valence-corrected chi connectivity index (χ3v) is 5.01. The van der Waals surface area contributed by atoms with E-state index >= 15 is 0 Å². The number of hydrogen-bond donors (Lipinski definition) is 2. The van der Waals surface area contributed by atoms with E-state index in [-0.39, 0.29) is 0 Å². The van der Waals surface area contributed by atoms with Gasteiger partial charge in [-0.1, -0.05) is 11.6 Å². The first kappa shape index (κ1) is 16.5. The Morgan fingerprint density at radius 3 is 2.91 bits per heavy atom. The van der Waals surface area contributed by atoms with Crippen LogP contribution in [-0.4, -0.2) is 30.3 Å². The summed E-state index contributed by atoms with van der Waals surface area (Å²) >= 11 is 6.34. The molecule has 1 saturated heterocycles. The number of hydrogen-bond acceptors (Lipinski definition) is 4. The summed E-state index contributed by atoms with van der Waals surface area (Å²) in [6.45, 7) is 2.16. The fourth-order valence-electron chi connectivity index (χ4n) is 3.34. The number of benzene rings is 1. The van der Waals surface area contributed by atoms with Gasteiger partial charge in [0.15, 0.2) is 0 Å². The number of methoxy groups -OCH3 is 1. The lowest BCUT2D eigenvalue weighted by Gasteiger charge is -2.24. The molecular weight excluding hydrogens is 312 g/mol. The van der Waals surface area contributed by atoms with E-state index in [9.17, 15) is 5.11 Å². The number of piperidine rings is 1. The summed E-state index contributed by atoms with van der Waals surface area (Å²) in [7, 11) is 1.63. The van der Waals surface area contributed by atoms with Crippen molar-refractivity contribution in [1.82, 2.24) is 10.3 Å². The molecule has 23 heavy (non-hydrogen) atoms. The predicted molar refractivity (Wildman–Crippen MR) is 93.1 cm³/mol. The zero-order chi connectivity index (χ0) is 16.2. The Morgan fingerprint density at radius 1 is 1.39 bits per heavy atom. The Bertz CT molecular complexity index is 671. The van der Waals surface area contributed by atoms with E-state index in [0.29, 0.717) is 10.9 Å². The molecule has 2 aromatic rings. The van der Waals surface area contributed by atoms with E-state index in [1.807, 2.05) is 18.2 Å². The Labute approximate surface area is 141 Å². The van der Waals surface area contributed by atoms with Crippen LogP contribution in [0.2, 0.25) is 5.02 Å². The van der Waals surface area contributed by atoms with Crippen LogP contribution < -0.4 is 10.1 Å². The van der Waals surface area contributed by atoms with Crippen LogP contribution in [0.5, 0.6) is 5.75 Å². The number of aliphatic hydroxyl groups is 1. The van der Waals surface area contributed by atoms with Crippen LogP contribution in [0.25, 0.3) is 10.9 Å². The molecule has 1 fully saturated rings. The van der Waals surface area contributed by atoms with Crippen LogP contribution in [0.15, 0.2) is 24.4 Å². The van der Waals surface area contributed by atoms with Gasteiger partial charge in [0.1, 0.15) is 5.75 Å². The minimum atomic E-state index is -0.574. The zero-order valence-electron chi connectivity index (χ0n) is 13.4. The van der Waals surface area contributed by atoms with E-state index < -0.39 is 6.10 Å². The summed E-state index contributed by atoms with van der Waals surface area (Å²) in [5.74, 6) is 1.43. The molecule has 2 N–H and O–H groups in total. The van der Waals surface area contributed by atoms with Gasteiger partial charge in [0.25, 0.3) is 0 Å². The van der Waals surface area contributed by atoms with Gasteiger partial charge < -0.3 is 15.2 Å². The number of aromatic nitrogens is 1. The molecule has 0 saturated carbocycles. The summed E-state index contributed by atoms with van der Waals surface area (Å²) in [5.41, 5.74) is 1.59. The van der Waals surface area contributed by atoms with Gasteiger partial charge in [-0.25, -0.2) is 0 Å². The number of ether oxygens (including phenoxy) is 1. The smallest absolute Gasteiger partial charge is 0.119 e. The highest BCUT2D eigenvalue weighted by Gasteiger charge is 2.20. The average molecular weight is 335 g/mol. The first-order valence-electron chi connectivity index (χ1n) is 8.20. The summed E-state index contributed by atoms with van der Waals surface area (Å²) < 4.78 is 5.29. The second-order valence-electron chi connectivity index (χ2n) is 6.19. The van der Waals surface area contributed by atoms with Gasteiger partial charge in [-0.3, -0.25) is 4.98 Å². The minimum Gasteiger partial charge on any atom is -0.497 e. The number of nitrogens with zero attached hydrogens (tertiary/aromatic N) is 1. The van der Waals surface area contributed by atoms with Crippen molar-refractivity contribution in [1.29, 1.82) is 0 Å². The Morgan fingerprint density at radius 2 is 2.17 bits per heavy atom. The number of fused-ring (bicyclic) bond motifs is 1. The predicted octanol–water partition coefficient (Wildman–Crippen LogP) is 3.71. The SMILES string of the molecule is COc1ccc2ncc(Cl)c([C@@H](O)CCC3CCNCC3)c2c1. The van der Waals surface area contributed by atoms with Crippen molar-refractivity contribution in [2.75, 3.05) is 20.2 Å². The number of aliphatic hydroxyl groups excluding tert-OH is 1. The lowest BCUT2D eigenvalue weighted by Crippen LogP contribution is -2.27. The van der Waals surface area contributed by atoms with Crippen molar-refractivity contribution in [2.45, 2.75) is 31.8 Å². The molecule has 1 aliphatic rings. The normalized spacial score (nSPS) is 17.3. The standard InChI is InChI=1S/C18H23ClN2O2/c1-23-13-3-4-16-14(10-13)18(15(19)11-21-16)17(22)5-2-12-6-8-20-9-7-12/h3-4,10-12,17,20,22H,2,5-9H2,1H3/t17-/m0/s1. The third-order valence-electron chi connectivity index (χ3n) is 4.71. The number of pyridine rings is 1. The van der Waals surface area contributed by atoms with Crippen molar-refractivity contribution in [3.05, 3.63) is 35.0 Å². The Kier molecular flexibility index (Phi) is 5.36. The third kappa shape index (κ3) is 3.77. The molecule has 0 spiro atoms. The van der Waals surface area contributed by atoms with Crippen LogP contribution in [0, 0.1) is 5.92 Å². The quantitative estimate of drug-likeness (QED) is 0.875. The van der Waals surface area contributed by atoms with Gasteiger partial charge in [-0.05, 0) is 62.9 Å². The van der Waals surface area contributed by atoms with Crippen molar-refractivity contribution >= 4 is 22.5 Å². The molecule has 4 nitrogen and oxygen atoms in total. The molecule has 1 aliphatic heterocycles. The van der Waals surface area contributed by atoms with E-state index in [4.69, 9.17) is 16.3 Å². The van der Waals surface area contributed by atoms with Gasteiger partial charge in [0.2, 0.25) is 0 Å². The molecule has 0 amide bonds. The highest BCUT2D eigenvalue weighted by molar-refractivity contribution is 6.32. The lowest BCUT2D eigenvalue weighted by atomic mass is 9.90. The first-order chi connectivity index (χ1) is 11.2. The Balaban J connectivity index is 1.83. The zero-order valence-corrected chi connectivity index (χ0v) is 14.1. The first-order valence-corrected chi connectivity index (χ1v) is 8.57. The van der Waals surface area contributed by atoms with Crippen LogP contribution in [-0.2, 0) is 0 Å². The van der Waals surface area contributed by atoms with Crippen LogP contribution in [0.4, 0.5) is 0 Å². The van der Waals surface area contributed by atoms with Gasteiger partial charge in [0, 0.05) is 17.1 Å². The molecule has 5 heteroatoms. The van der Waals surface area contributed by atoms with E-state index in [1.54, 1.807) is 13.3 Å². The summed E-state index contributed by atoms with van der Waals surface area (Å²) in [5, 5.41) is 15.5. The Hall–Kier alpha value is -1.36. The van der Waals surface area contributed by atoms with E-state index in [2.05, 4.69) is 10.3 Å². The second kappa shape index (κ2) is 7.47. The molecule has 0 bridgehead atoms. The topological polar surface area (TPSA) is 54.4 Å². The minimum absolute atomic E-state index is 0.517. The van der Waals surface area contributed by atoms with Crippen molar-refractivity contribution in [3.63, 3.8) is 0 Å². The number of halogens is 1. The molecule has 1 aromatic heterocycles. The molecule has 0 unspecified atom stereocenters. The highest BCUT2D eigenvalue weighted by atomic mass is 35.5. The van der Waals surface area contributed by atoms with Gasteiger partial charge in [-0.15, -0.1) is 0 Å². The van der Waals surface area contributed by atoms with Crippen LogP contribution in [0.3, 0.4) is 0 Å². The molecular formula is C18H23ClN2O2. The molecule has 2 heterocycles. The lowest BCUT2D eigenvalue weighted by molar-refractivity contribution is 0.154. The summed E-state index contributed by atoms with van der Waals surface area (Å²) in [6, 6.07) is 5.67. The molecule has 3 rings (SSSR count). The second-order valence-corrected chi connectivity index (χ2v) is 6.60. The van der Waals surface area contributed by atoms with E-state index in [1.165, 1.54) is 12.8 Å². The molecule has 124 valence electrons. The molecule has 0 aliphatic carbocycles. The maximum atomic E-state index is 10.7. The number of rotatable bonds is 5. The molecule has 0 radical (unpaired) electrons. The maximum absolute atomic E-state index is 10.7. The largest absolute Gasteiger partial charge is 0.497 e. The molecule has 1 atom stereocenters. The van der Waals surface area contributed by atoms with Crippen LogP contribution >= 0.6 is 11.6 Å². The fraction of sp³-hybridized carbons (Fsp3) is 0.500. The summed E-state index contributed by atoms with van der Waals surface area (Å²) in [6.07, 6.45) is 5.17. The fourth-order valence-corrected chi connectivity index (χ4v) is 3.62. The maximum Gasteiger partial charge on any atom is 0.119 e. The van der Waals surface area contributed by atoms with Gasteiger partial charge >= 0.3 is 0 Å². The summed E-state index contributed by atoms with van der Waals surface area (Å²) in [4.78, 5) is 4.34. The van der Waals surface area contributed by atoms with Crippen molar-refractivity contribution < 1.29 is 9.84 Å². The van der Waals surface area contributed by atoms with Gasteiger partial charge in [0.05, 0.1) is 23.8 Å². The van der Waals surface area contributed by atoms with E-state index in [0.717, 1.165) is 48.1 Å².